The van der Waals surface area contributed by atoms with E-state index in [0.29, 0.717) is 26.1 Å². The summed E-state index contributed by atoms with van der Waals surface area (Å²) in [5, 5.41) is 3.90. The van der Waals surface area contributed by atoms with Gasteiger partial charge >= 0.3 is 6.03 Å². The van der Waals surface area contributed by atoms with Gasteiger partial charge in [0.2, 0.25) is 5.91 Å². The fourth-order valence-corrected chi connectivity index (χ4v) is 2.86. The second-order valence-corrected chi connectivity index (χ2v) is 5.68. The number of nitrogens with one attached hydrogen (secondary N) is 1. The van der Waals surface area contributed by atoms with E-state index in [9.17, 15) is 9.59 Å². The minimum atomic E-state index is -0.390. The van der Waals surface area contributed by atoms with Crippen molar-refractivity contribution < 1.29 is 14.0 Å². The smallest absolute Gasteiger partial charge is 0.314 e. The fourth-order valence-electron chi connectivity index (χ4n) is 2.86. The molecule has 3 rings (SSSR count). The van der Waals surface area contributed by atoms with Gasteiger partial charge in [-0.3, -0.25) is 4.79 Å². The average molecular weight is 301 g/mol. The normalized spacial score (nSPS) is 17.8. The zero-order valence-electron chi connectivity index (χ0n) is 12.2. The van der Waals surface area contributed by atoms with E-state index in [4.69, 9.17) is 10.2 Å². The van der Waals surface area contributed by atoms with Gasteiger partial charge in [-0.15, -0.1) is 0 Å². The second kappa shape index (κ2) is 6.09. The molecule has 1 aromatic carbocycles. The van der Waals surface area contributed by atoms with Gasteiger partial charge in [-0.1, -0.05) is 18.2 Å². The lowest BCUT2D eigenvalue weighted by Crippen LogP contribution is -2.36. The van der Waals surface area contributed by atoms with Gasteiger partial charge in [-0.2, -0.15) is 0 Å². The van der Waals surface area contributed by atoms with Crippen molar-refractivity contribution in [3.8, 4) is 0 Å². The summed E-state index contributed by atoms with van der Waals surface area (Å²) in [7, 11) is 0. The lowest BCUT2D eigenvalue weighted by molar-refractivity contribution is -0.120. The molecule has 1 unspecified atom stereocenters. The summed E-state index contributed by atoms with van der Waals surface area (Å²) >= 11 is 0. The maximum Gasteiger partial charge on any atom is 0.314 e. The van der Waals surface area contributed by atoms with Crippen molar-refractivity contribution in [2.24, 2.45) is 11.7 Å². The van der Waals surface area contributed by atoms with Gasteiger partial charge in [-0.25, -0.2) is 4.79 Å². The third-order valence-corrected chi connectivity index (χ3v) is 4.10. The molecule has 3 N–H and O–H groups in total. The Morgan fingerprint density at radius 2 is 2.18 bits per heavy atom. The van der Waals surface area contributed by atoms with Crippen LogP contribution in [0.2, 0.25) is 0 Å². The van der Waals surface area contributed by atoms with Gasteiger partial charge in [-0.05, 0) is 18.4 Å². The van der Waals surface area contributed by atoms with Gasteiger partial charge in [0.1, 0.15) is 5.58 Å². The highest BCUT2D eigenvalue weighted by Gasteiger charge is 2.24. The standard InChI is InChI=1S/C16H19N3O3/c17-16(21)19-6-5-11(9-19)8-18-15(20)7-12-10-22-14-4-2-1-3-13(12)14/h1-4,10-11H,5-9H2,(H2,17,21)(H,18,20). The van der Waals surface area contributed by atoms with Crippen molar-refractivity contribution in [3.63, 3.8) is 0 Å². The topological polar surface area (TPSA) is 88.6 Å². The maximum absolute atomic E-state index is 12.1. The van der Waals surface area contributed by atoms with Gasteiger partial charge in [0, 0.05) is 30.6 Å². The van der Waals surface area contributed by atoms with Crippen LogP contribution in [0.5, 0.6) is 0 Å². The number of nitrogens with two attached hydrogens (primary N) is 1. The number of carbonyl (C=O) groups is 2. The molecule has 1 fully saturated rings. The molecule has 0 spiro atoms. The summed E-state index contributed by atoms with van der Waals surface area (Å²) < 4.78 is 5.43. The summed E-state index contributed by atoms with van der Waals surface area (Å²) in [6.45, 7) is 1.85. The molecule has 0 aliphatic carbocycles. The number of hydrogen-bond acceptors (Lipinski definition) is 3. The van der Waals surface area contributed by atoms with Crippen molar-refractivity contribution in [1.29, 1.82) is 0 Å². The van der Waals surface area contributed by atoms with Gasteiger partial charge in [0.15, 0.2) is 0 Å². The largest absolute Gasteiger partial charge is 0.464 e. The number of benzene rings is 1. The van der Waals surface area contributed by atoms with Crippen LogP contribution in [0.1, 0.15) is 12.0 Å². The van der Waals surface area contributed by atoms with Crippen LogP contribution >= 0.6 is 0 Å². The Balaban J connectivity index is 1.52. The highest BCUT2D eigenvalue weighted by molar-refractivity contribution is 5.87. The third kappa shape index (κ3) is 3.05. The summed E-state index contributed by atoms with van der Waals surface area (Å²) in [6.07, 6.45) is 2.80. The van der Waals surface area contributed by atoms with E-state index < -0.39 is 6.03 Å². The van der Waals surface area contributed by atoms with E-state index in [0.717, 1.165) is 23.0 Å². The monoisotopic (exact) mass is 301 g/mol. The number of rotatable bonds is 4. The number of amides is 3. The number of fused-ring (bicyclic) bond motifs is 1. The van der Waals surface area contributed by atoms with Crippen molar-refractivity contribution in [2.45, 2.75) is 12.8 Å². The van der Waals surface area contributed by atoms with Crippen LogP contribution in [0.15, 0.2) is 34.9 Å². The summed E-state index contributed by atoms with van der Waals surface area (Å²) in [4.78, 5) is 24.8. The molecule has 1 aliphatic heterocycles. The quantitative estimate of drug-likeness (QED) is 0.896. The molecule has 6 heteroatoms. The first-order valence-corrected chi connectivity index (χ1v) is 7.39. The number of para-hydroxylation sites is 1. The predicted octanol–water partition coefficient (Wildman–Crippen LogP) is 1.49. The highest BCUT2D eigenvalue weighted by atomic mass is 16.3. The molecule has 1 saturated heterocycles. The zero-order valence-corrected chi connectivity index (χ0v) is 12.2. The molecule has 1 aliphatic rings. The van der Waals surface area contributed by atoms with Crippen molar-refractivity contribution in [2.75, 3.05) is 19.6 Å². The molecule has 22 heavy (non-hydrogen) atoms. The maximum atomic E-state index is 12.1. The minimum absolute atomic E-state index is 0.0379. The molecule has 1 atom stereocenters. The number of furan rings is 1. The van der Waals surface area contributed by atoms with Crippen LogP contribution in [-0.4, -0.2) is 36.5 Å². The van der Waals surface area contributed by atoms with E-state index in [1.165, 1.54) is 0 Å². The van der Waals surface area contributed by atoms with E-state index in [1.54, 1.807) is 11.2 Å². The SMILES string of the molecule is NC(=O)N1CCC(CNC(=O)Cc2coc3ccccc23)C1. The number of nitrogens with zero attached hydrogens (tertiary/aromatic N) is 1. The zero-order chi connectivity index (χ0) is 15.5. The van der Waals surface area contributed by atoms with Gasteiger partial charge in [0.05, 0.1) is 12.7 Å². The van der Waals surface area contributed by atoms with Crippen LogP contribution in [0.25, 0.3) is 11.0 Å². The lowest BCUT2D eigenvalue weighted by Gasteiger charge is -2.13. The Morgan fingerprint density at radius 1 is 1.36 bits per heavy atom. The molecular formula is C16H19N3O3. The number of urea groups is 1. The summed E-state index contributed by atoms with van der Waals surface area (Å²) in [5.41, 5.74) is 6.93. The number of likely N-dealkylation sites (tertiary alicyclic amines) is 1. The van der Waals surface area contributed by atoms with Crippen LogP contribution in [-0.2, 0) is 11.2 Å². The molecule has 3 amide bonds. The van der Waals surface area contributed by atoms with E-state index in [2.05, 4.69) is 5.32 Å². The first-order valence-electron chi connectivity index (χ1n) is 7.39. The van der Waals surface area contributed by atoms with Crippen molar-refractivity contribution >= 4 is 22.9 Å². The molecule has 116 valence electrons. The lowest BCUT2D eigenvalue weighted by atomic mass is 10.1. The summed E-state index contributed by atoms with van der Waals surface area (Å²) in [5.74, 6) is 0.238. The van der Waals surface area contributed by atoms with Crippen LogP contribution in [0.4, 0.5) is 4.79 Å². The van der Waals surface area contributed by atoms with Gasteiger partial charge < -0.3 is 20.4 Å². The highest BCUT2D eigenvalue weighted by Crippen LogP contribution is 2.21. The summed E-state index contributed by atoms with van der Waals surface area (Å²) in [6, 6.07) is 7.27. The Bertz CT molecular complexity index is 695. The molecule has 2 heterocycles. The van der Waals surface area contributed by atoms with E-state index >= 15 is 0 Å². The molecule has 0 saturated carbocycles. The molecule has 2 aromatic rings. The van der Waals surface area contributed by atoms with Crippen LogP contribution in [0.3, 0.4) is 0 Å². The number of primary amides is 1. The third-order valence-electron chi connectivity index (χ3n) is 4.10. The molecule has 0 bridgehead atoms. The molecule has 1 aromatic heterocycles. The average Bonchev–Trinajstić information content (AvgIpc) is 3.13. The Kier molecular flexibility index (Phi) is 4.00. The second-order valence-electron chi connectivity index (χ2n) is 5.68. The Hall–Kier alpha value is -2.50. The molecule has 0 radical (unpaired) electrons. The van der Waals surface area contributed by atoms with Crippen molar-refractivity contribution in [1.82, 2.24) is 10.2 Å². The fraction of sp³-hybridized carbons (Fsp3) is 0.375. The molecule has 6 nitrogen and oxygen atoms in total. The first kappa shape index (κ1) is 14.4. The van der Waals surface area contributed by atoms with Gasteiger partial charge in [0.25, 0.3) is 0 Å². The molecular weight excluding hydrogens is 282 g/mol. The van der Waals surface area contributed by atoms with Crippen LogP contribution in [0, 0.1) is 5.92 Å². The van der Waals surface area contributed by atoms with Crippen molar-refractivity contribution in [3.05, 3.63) is 36.1 Å². The Labute approximate surface area is 128 Å². The number of carbonyl (C=O) groups excluding carboxylic acids is 2. The first-order chi connectivity index (χ1) is 10.6. The predicted molar refractivity (Wildman–Crippen MR) is 82.2 cm³/mol. The number of hydrogen-bond donors (Lipinski definition) is 2. The minimum Gasteiger partial charge on any atom is -0.464 e. The Morgan fingerprint density at radius 3 is 2.95 bits per heavy atom. The van der Waals surface area contributed by atoms with Crippen LogP contribution < -0.4 is 11.1 Å². The van der Waals surface area contributed by atoms with E-state index in [-0.39, 0.29) is 11.8 Å². The van der Waals surface area contributed by atoms with E-state index in [1.807, 2.05) is 24.3 Å².